The fraction of sp³-hybridized carbons (Fsp3) is 0.250. The minimum absolute atomic E-state index is 0.740. The average molecular weight is 281 g/mol. The Labute approximate surface area is 122 Å². The van der Waals surface area contributed by atoms with Gasteiger partial charge in [-0.3, -0.25) is 4.99 Å². The number of aryl methyl sites for hydroxylation is 1. The summed E-state index contributed by atoms with van der Waals surface area (Å²) in [7, 11) is 0. The summed E-state index contributed by atoms with van der Waals surface area (Å²) in [5, 5.41) is 2.18. The number of nitrogens with zero attached hydrogens (tertiary/aromatic N) is 3. The molecule has 0 spiro atoms. The first kappa shape index (κ1) is 12.0. The summed E-state index contributed by atoms with van der Waals surface area (Å²) >= 11 is 1.69. The number of aliphatic imine (C=N–C) groups is 1. The molecule has 0 unspecified atom stereocenters. The van der Waals surface area contributed by atoms with Gasteiger partial charge in [0.05, 0.1) is 6.54 Å². The van der Waals surface area contributed by atoms with E-state index in [0.29, 0.717) is 0 Å². The highest BCUT2D eigenvalue weighted by Crippen LogP contribution is 2.34. The van der Waals surface area contributed by atoms with Gasteiger partial charge in [0.15, 0.2) is 5.17 Å². The topological polar surface area (TPSA) is 28.5 Å². The van der Waals surface area contributed by atoms with Gasteiger partial charge in [-0.15, -0.1) is 0 Å². The molecular formula is C16H15N3S. The fourth-order valence-electron chi connectivity index (χ4n) is 2.78. The van der Waals surface area contributed by atoms with E-state index in [9.17, 15) is 0 Å². The smallest absolute Gasteiger partial charge is 0.170 e. The van der Waals surface area contributed by atoms with Gasteiger partial charge >= 0.3 is 0 Å². The predicted molar refractivity (Wildman–Crippen MR) is 83.3 cm³/mol. The number of thioether (sulfide) groups is 1. The lowest BCUT2D eigenvalue weighted by atomic mass is 10.0. The van der Waals surface area contributed by atoms with E-state index in [1.165, 1.54) is 29.7 Å². The zero-order valence-electron chi connectivity index (χ0n) is 11.1. The van der Waals surface area contributed by atoms with Gasteiger partial charge in [-0.25, -0.2) is 4.98 Å². The van der Waals surface area contributed by atoms with Crippen LogP contribution >= 0.6 is 11.8 Å². The van der Waals surface area contributed by atoms with Crippen molar-refractivity contribution < 1.29 is 0 Å². The van der Waals surface area contributed by atoms with E-state index in [0.717, 1.165) is 23.3 Å². The highest BCUT2D eigenvalue weighted by atomic mass is 32.2. The SMILES string of the molecule is c1ccc2c(c1)CCCN2C1=NCc2cccnc2S1. The molecule has 2 aliphatic heterocycles. The van der Waals surface area contributed by atoms with Crippen LogP contribution in [0.15, 0.2) is 52.6 Å². The van der Waals surface area contributed by atoms with Gasteiger partial charge in [0.1, 0.15) is 5.03 Å². The van der Waals surface area contributed by atoms with E-state index >= 15 is 0 Å². The van der Waals surface area contributed by atoms with Crippen LogP contribution in [0.4, 0.5) is 5.69 Å². The lowest BCUT2D eigenvalue weighted by Crippen LogP contribution is -2.34. The van der Waals surface area contributed by atoms with Gasteiger partial charge in [-0.1, -0.05) is 24.3 Å². The first-order valence-electron chi connectivity index (χ1n) is 6.93. The molecule has 4 heteroatoms. The number of hydrogen-bond donors (Lipinski definition) is 0. The molecule has 100 valence electrons. The molecule has 0 saturated carbocycles. The lowest BCUT2D eigenvalue weighted by molar-refractivity contribution is 0.777. The van der Waals surface area contributed by atoms with Crippen LogP contribution in [0.3, 0.4) is 0 Å². The van der Waals surface area contributed by atoms with Crippen molar-refractivity contribution in [3.05, 3.63) is 53.7 Å². The molecule has 1 aromatic heterocycles. The van der Waals surface area contributed by atoms with Crippen molar-refractivity contribution in [2.24, 2.45) is 4.99 Å². The van der Waals surface area contributed by atoms with Crippen LogP contribution in [-0.4, -0.2) is 16.7 Å². The molecular weight excluding hydrogens is 266 g/mol. The summed E-state index contributed by atoms with van der Waals surface area (Å²) in [4.78, 5) is 11.6. The molecule has 0 saturated heterocycles. The summed E-state index contributed by atoms with van der Waals surface area (Å²) in [5.74, 6) is 0. The molecule has 3 nitrogen and oxygen atoms in total. The molecule has 1 aromatic carbocycles. The third-order valence-electron chi connectivity index (χ3n) is 3.76. The number of aromatic nitrogens is 1. The second-order valence-corrected chi connectivity index (χ2v) is 6.01. The highest BCUT2D eigenvalue weighted by Gasteiger charge is 2.24. The standard InChI is InChI=1S/C16H15N3S/c1-2-8-14-12(5-1)7-4-10-19(14)16-18-11-13-6-3-9-17-15(13)20-16/h1-3,5-6,8-9H,4,7,10-11H2. The maximum Gasteiger partial charge on any atom is 0.170 e. The molecule has 0 aliphatic carbocycles. The molecule has 0 radical (unpaired) electrons. The van der Waals surface area contributed by atoms with Gasteiger partial charge < -0.3 is 4.90 Å². The maximum absolute atomic E-state index is 4.76. The van der Waals surface area contributed by atoms with Crippen molar-refractivity contribution in [3.8, 4) is 0 Å². The molecule has 4 rings (SSSR count). The van der Waals surface area contributed by atoms with E-state index in [2.05, 4.69) is 40.2 Å². The van der Waals surface area contributed by atoms with Gasteiger partial charge in [0.2, 0.25) is 0 Å². The fourth-order valence-corrected chi connectivity index (χ4v) is 3.76. The quantitative estimate of drug-likeness (QED) is 0.740. The van der Waals surface area contributed by atoms with E-state index in [4.69, 9.17) is 4.99 Å². The Morgan fingerprint density at radius 3 is 2.95 bits per heavy atom. The first-order chi connectivity index (χ1) is 9.92. The molecule has 0 fully saturated rings. The second-order valence-electron chi connectivity index (χ2n) is 5.05. The molecule has 20 heavy (non-hydrogen) atoms. The van der Waals surface area contributed by atoms with Crippen molar-refractivity contribution in [3.63, 3.8) is 0 Å². The number of benzene rings is 1. The van der Waals surface area contributed by atoms with Crippen LogP contribution in [0.1, 0.15) is 17.5 Å². The van der Waals surface area contributed by atoms with Gasteiger partial charge in [0, 0.05) is 24.0 Å². The van der Waals surface area contributed by atoms with Crippen molar-refractivity contribution in [2.45, 2.75) is 24.4 Å². The number of pyridine rings is 1. The van der Waals surface area contributed by atoms with Gasteiger partial charge in [-0.2, -0.15) is 0 Å². The van der Waals surface area contributed by atoms with Crippen molar-refractivity contribution >= 4 is 22.6 Å². The summed E-state index contributed by atoms with van der Waals surface area (Å²) in [6.45, 7) is 1.79. The number of amidine groups is 1. The zero-order valence-corrected chi connectivity index (χ0v) is 11.9. The van der Waals surface area contributed by atoms with Crippen LogP contribution in [0.2, 0.25) is 0 Å². The molecule has 3 heterocycles. The summed E-state index contributed by atoms with van der Waals surface area (Å²) in [6.07, 6.45) is 4.21. The molecule has 2 aliphatic rings. The minimum Gasteiger partial charge on any atom is -0.321 e. The normalized spacial score (nSPS) is 17.2. The average Bonchev–Trinajstić information content (AvgIpc) is 2.54. The number of hydrogen-bond acceptors (Lipinski definition) is 4. The molecule has 0 bridgehead atoms. The second kappa shape index (κ2) is 4.94. The molecule has 2 aromatic rings. The van der Waals surface area contributed by atoms with Crippen LogP contribution < -0.4 is 4.90 Å². The van der Waals surface area contributed by atoms with E-state index in [-0.39, 0.29) is 0 Å². The Kier molecular flexibility index (Phi) is 2.96. The largest absolute Gasteiger partial charge is 0.321 e. The van der Waals surface area contributed by atoms with Gasteiger partial charge in [-0.05, 0) is 42.3 Å². The highest BCUT2D eigenvalue weighted by molar-refractivity contribution is 8.14. The molecule has 0 atom stereocenters. The number of rotatable bonds is 0. The summed E-state index contributed by atoms with van der Waals surface area (Å²) < 4.78 is 0. The Bertz CT molecular complexity index is 681. The van der Waals surface area contributed by atoms with E-state index in [1.54, 1.807) is 11.8 Å². The van der Waals surface area contributed by atoms with Gasteiger partial charge in [0.25, 0.3) is 0 Å². The van der Waals surface area contributed by atoms with E-state index in [1.807, 2.05) is 12.3 Å². The minimum atomic E-state index is 0.740. The molecule has 0 N–H and O–H groups in total. The first-order valence-corrected chi connectivity index (χ1v) is 7.75. The Morgan fingerprint density at radius 1 is 1.05 bits per heavy atom. The van der Waals surface area contributed by atoms with Crippen molar-refractivity contribution in [2.75, 3.05) is 11.4 Å². The monoisotopic (exact) mass is 281 g/mol. The maximum atomic E-state index is 4.76. The Morgan fingerprint density at radius 2 is 1.95 bits per heavy atom. The Hall–Kier alpha value is -1.81. The number of fused-ring (bicyclic) bond motifs is 2. The van der Waals surface area contributed by atoms with Crippen LogP contribution in [0.25, 0.3) is 0 Å². The lowest BCUT2D eigenvalue weighted by Gasteiger charge is -2.32. The summed E-state index contributed by atoms with van der Waals surface area (Å²) in [5.41, 5.74) is 3.96. The number of para-hydroxylation sites is 1. The van der Waals surface area contributed by atoms with Crippen LogP contribution in [0.5, 0.6) is 0 Å². The van der Waals surface area contributed by atoms with Crippen molar-refractivity contribution in [1.29, 1.82) is 0 Å². The Balaban J connectivity index is 1.69. The predicted octanol–water partition coefficient (Wildman–Crippen LogP) is 3.50. The number of anilines is 1. The van der Waals surface area contributed by atoms with Crippen LogP contribution in [0, 0.1) is 0 Å². The third kappa shape index (κ3) is 2.00. The zero-order chi connectivity index (χ0) is 13.4. The summed E-state index contributed by atoms with van der Waals surface area (Å²) in [6, 6.07) is 12.7. The molecule has 0 amide bonds. The van der Waals surface area contributed by atoms with Crippen molar-refractivity contribution in [1.82, 2.24) is 4.98 Å². The van der Waals surface area contributed by atoms with E-state index < -0.39 is 0 Å². The van der Waals surface area contributed by atoms with Crippen LogP contribution in [-0.2, 0) is 13.0 Å². The third-order valence-corrected chi connectivity index (χ3v) is 4.86.